The largest absolute Gasteiger partial charge is 0.495 e. The number of carbonyl (C=O) groups excluding carboxylic acids is 2. The molecule has 1 aliphatic rings. The molecule has 2 amide bonds. The lowest BCUT2D eigenvalue weighted by Crippen LogP contribution is -2.47. The average molecular weight is 495 g/mol. The van der Waals surface area contributed by atoms with Crippen LogP contribution in [0.2, 0.25) is 0 Å². The van der Waals surface area contributed by atoms with Crippen molar-refractivity contribution in [3.8, 4) is 22.7 Å². The molecule has 1 saturated heterocycles. The van der Waals surface area contributed by atoms with Crippen molar-refractivity contribution < 1.29 is 19.1 Å². The topological polar surface area (TPSA) is 85.7 Å². The first-order valence-electron chi connectivity index (χ1n) is 11.7. The Balaban J connectivity index is 1.45. The normalized spacial score (nSPS) is 13.9. The number of nitrogens with one attached hydrogen (secondary N) is 1. The number of benzene rings is 2. The standard InChI is InChI=1S/C26H30N4O4S/c1-3-34-26(32)29-15-13-20(14-16-29)28-24(31)18-35-25-27-17-22(19-9-5-4-6-10-19)30(25)21-11-7-8-12-23(21)33-2/h4-12,17,20H,3,13-16,18H2,1-2H3,(H,28,31). The molecule has 0 aliphatic carbocycles. The van der Waals surface area contributed by atoms with E-state index in [1.54, 1.807) is 18.9 Å². The fraction of sp³-hybridized carbons (Fsp3) is 0.346. The molecule has 4 rings (SSSR count). The fourth-order valence-corrected chi connectivity index (χ4v) is 4.91. The lowest BCUT2D eigenvalue weighted by Gasteiger charge is -2.31. The Kier molecular flexibility index (Phi) is 8.31. The summed E-state index contributed by atoms with van der Waals surface area (Å²) in [6.07, 6.45) is 2.96. The summed E-state index contributed by atoms with van der Waals surface area (Å²) in [5.41, 5.74) is 2.81. The van der Waals surface area contributed by atoms with Crippen LogP contribution in [0.3, 0.4) is 0 Å². The Morgan fingerprint density at radius 1 is 1.09 bits per heavy atom. The maximum absolute atomic E-state index is 12.8. The number of hydrogen-bond donors (Lipinski definition) is 1. The van der Waals surface area contributed by atoms with Crippen LogP contribution < -0.4 is 10.1 Å². The van der Waals surface area contributed by atoms with Crippen molar-refractivity contribution in [2.24, 2.45) is 0 Å². The number of hydrogen-bond acceptors (Lipinski definition) is 6. The maximum Gasteiger partial charge on any atom is 0.409 e. The summed E-state index contributed by atoms with van der Waals surface area (Å²) in [7, 11) is 1.64. The third kappa shape index (κ3) is 5.97. The number of rotatable bonds is 8. The molecule has 1 fully saturated rings. The van der Waals surface area contributed by atoms with Gasteiger partial charge in [-0.3, -0.25) is 9.36 Å². The molecule has 2 heterocycles. The number of aromatic nitrogens is 2. The molecular weight excluding hydrogens is 464 g/mol. The molecule has 35 heavy (non-hydrogen) atoms. The van der Waals surface area contributed by atoms with Crippen LogP contribution in [0.15, 0.2) is 66.0 Å². The summed E-state index contributed by atoms with van der Waals surface area (Å²) in [6, 6.07) is 17.8. The van der Waals surface area contributed by atoms with Gasteiger partial charge in [0.05, 0.1) is 37.0 Å². The number of carbonyl (C=O) groups is 2. The van der Waals surface area contributed by atoms with Crippen LogP contribution in [0, 0.1) is 0 Å². The summed E-state index contributed by atoms with van der Waals surface area (Å²) in [5, 5.41) is 3.81. The zero-order valence-corrected chi connectivity index (χ0v) is 20.8. The van der Waals surface area contributed by atoms with Crippen LogP contribution in [0.4, 0.5) is 4.79 Å². The summed E-state index contributed by atoms with van der Waals surface area (Å²) in [6.45, 7) is 3.32. The molecule has 0 unspecified atom stereocenters. The second kappa shape index (κ2) is 11.8. The first-order valence-corrected chi connectivity index (χ1v) is 12.7. The van der Waals surface area contributed by atoms with Crippen molar-refractivity contribution in [3.05, 3.63) is 60.8 Å². The van der Waals surface area contributed by atoms with Crippen LogP contribution >= 0.6 is 11.8 Å². The van der Waals surface area contributed by atoms with E-state index in [0.717, 1.165) is 22.7 Å². The first kappa shape index (κ1) is 24.7. The lowest BCUT2D eigenvalue weighted by molar-refractivity contribution is -0.119. The van der Waals surface area contributed by atoms with Gasteiger partial charge in [0.25, 0.3) is 0 Å². The van der Waals surface area contributed by atoms with Crippen LogP contribution in [-0.2, 0) is 9.53 Å². The first-order chi connectivity index (χ1) is 17.1. The molecule has 0 atom stereocenters. The number of imidazole rings is 1. The third-order valence-corrected chi connectivity index (χ3v) is 6.80. The molecule has 0 saturated carbocycles. The minimum atomic E-state index is -0.287. The number of ether oxygens (including phenoxy) is 2. The highest BCUT2D eigenvalue weighted by Crippen LogP contribution is 2.33. The molecule has 3 aromatic rings. The predicted octanol–water partition coefficient (Wildman–Crippen LogP) is 4.38. The molecule has 1 aromatic heterocycles. The van der Waals surface area contributed by atoms with Gasteiger partial charge in [0.15, 0.2) is 5.16 Å². The van der Waals surface area contributed by atoms with E-state index in [-0.39, 0.29) is 23.8 Å². The molecule has 0 spiro atoms. The average Bonchev–Trinajstić information content (AvgIpc) is 3.32. The molecule has 9 heteroatoms. The van der Waals surface area contributed by atoms with E-state index >= 15 is 0 Å². The van der Waals surface area contributed by atoms with Crippen molar-refractivity contribution in [1.29, 1.82) is 0 Å². The van der Waals surface area contributed by atoms with Crippen molar-refractivity contribution >= 4 is 23.8 Å². The molecule has 1 aliphatic heterocycles. The van der Waals surface area contributed by atoms with E-state index in [1.807, 2.05) is 65.4 Å². The molecule has 8 nitrogen and oxygen atoms in total. The summed E-state index contributed by atoms with van der Waals surface area (Å²) >= 11 is 1.39. The fourth-order valence-electron chi connectivity index (χ4n) is 4.12. The number of para-hydroxylation sites is 2. The van der Waals surface area contributed by atoms with Crippen LogP contribution in [0.5, 0.6) is 5.75 Å². The minimum absolute atomic E-state index is 0.0441. The monoisotopic (exact) mass is 494 g/mol. The molecular formula is C26H30N4O4S. The quantitative estimate of drug-likeness (QED) is 0.468. The molecule has 184 valence electrons. The van der Waals surface area contributed by atoms with Crippen molar-refractivity contribution in [3.63, 3.8) is 0 Å². The Bertz CT molecular complexity index is 1140. The number of thioether (sulfide) groups is 1. The Hall–Kier alpha value is -3.46. The van der Waals surface area contributed by atoms with Gasteiger partial charge in [-0.05, 0) is 31.9 Å². The smallest absolute Gasteiger partial charge is 0.409 e. The van der Waals surface area contributed by atoms with E-state index in [1.165, 1.54) is 11.8 Å². The highest BCUT2D eigenvalue weighted by atomic mass is 32.2. The highest BCUT2D eigenvalue weighted by Gasteiger charge is 2.25. The minimum Gasteiger partial charge on any atom is -0.495 e. The SMILES string of the molecule is CCOC(=O)N1CCC(NC(=O)CSc2ncc(-c3ccccc3)n2-c2ccccc2OC)CC1. The van der Waals surface area contributed by atoms with E-state index in [0.29, 0.717) is 37.7 Å². The molecule has 1 N–H and O–H groups in total. The number of piperidine rings is 1. The van der Waals surface area contributed by atoms with E-state index in [2.05, 4.69) is 10.3 Å². The van der Waals surface area contributed by atoms with Crippen molar-refractivity contribution in [2.45, 2.75) is 31.0 Å². The maximum atomic E-state index is 12.8. The van der Waals surface area contributed by atoms with Crippen LogP contribution in [0.25, 0.3) is 16.9 Å². The highest BCUT2D eigenvalue weighted by molar-refractivity contribution is 7.99. The summed E-state index contributed by atoms with van der Waals surface area (Å²) in [5.74, 6) is 0.904. The van der Waals surface area contributed by atoms with Crippen molar-refractivity contribution in [2.75, 3.05) is 32.6 Å². The second-order valence-corrected chi connectivity index (χ2v) is 9.06. The van der Waals surface area contributed by atoms with E-state index in [9.17, 15) is 9.59 Å². The van der Waals surface area contributed by atoms with Crippen LogP contribution in [0.1, 0.15) is 19.8 Å². The van der Waals surface area contributed by atoms with Gasteiger partial charge in [0.1, 0.15) is 5.75 Å². The van der Waals surface area contributed by atoms with E-state index in [4.69, 9.17) is 9.47 Å². The lowest BCUT2D eigenvalue weighted by atomic mass is 10.1. The summed E-state index contributed by atoms with van der Waals surface area (Å²) < 4.78 is 12.7. The molecule has 0 radical (unpaired) electrons. The van der Waals surface area contributed by atoms with Gasteiger partial charge >= 0.3 is 6.09 Å². The number of likely N-dealkylation sites (tertiary alicyclic amines) is 1. The van der Waals surface area contributed by atoms with Gasteiger partial charge in [0, 0.05) is 24.7 Å². The molecule has 0 bridgehead atoms. The van der Waals surface area contributed by atoms with Gasteiger partial charge < -0.3 is 19.7 Å². The predicted molar refractivity (Wildman–Crippen MR) is 136 cm³/mol. The Morgan fingerprint density at radius 2 is 1.80 bits per heavy atom. The van der Waals surface area contributed by atoms with E-state index < -0.39 is 0 Å². The number of methoxy groups -OCH3 is 1. The van der Waals surface area contributed by atoms with Crippen molar-refractivity contribution in [1.82, 2.24) is 19.8 Å². The number of nitrogens with zero attached hydrogens (tertiary/aromatic N) is 3. The Morgan fingerprint density at radius 3 is 2.51 bits per heavy atom. The van der Waals surface area contributed by atoms with Gasteiger partial charge in [-0.25, -0.2) is 9.78 Å². The van der Waals surface area contributed by atoms with Crippen LogP contribution in [-0.4, -0.2) is 65.1 Å². The van der Waals surface area contributed by atoms with Gasteiger partial charge in [0.2, 0.25) is 5.91 Å². The van der Waals surface area contributed by atoms with Gasteiger partial charge in [-0.1, -0.05) is 54.2 Å². The zero-order chi connectivity index (χ0) is 24.6. The number of amides is 2. The van der Waals surface area contributed by atoms with Gasteiger partial charge in [-0.2, -0.15) is 0 Å². The zero-order valence-electron chi connectivity index (χ0n) is 20.0. The third-order valence-electron chi connectivity index (χ3n) is 5.84. The van der Waals surface area contributed by atoms with Gasteiger partial charge in [-0.15, -0.1) is 0 Å². The summed E-state index contributed by atoms with van der Waals surface area (Å²) in [4.78, 5) is 31.0. The molecule has 2 aromatic carbocycles. The second-order valence-electron chi connectivity index (χ2n) is 8.12. The Labute approximate surface area is 209 Å².